The number of nitrogens with zero attached hydrogens (tertiary/aromatic N) is 4. The number of aromatic amines is 1. The first-order valence-corrected chi connectivity index (χ1v) is 10.8. The molecule has 3 aromatic heterocycles. The van der Waals surface area contributed by atoms with E-state index in [0.29, 0.717) is 29.5 Å². The lowest BCUT2D eigenvalue weighted by Crippen LogP contribution is -2.28. The summed E-state index contributed by atoms with van der Waals surface area (Å²) in [5, 5.41) is 4.71. The van der Waals surface area contributed by atoms with Crippen molar-refractivity contribution in [3.05, 3.63) is 37.2 Å². The van der Waals surface area contributed by atoms with Gasteiger partial charge >= 0.3 is 0 Å². The lowest BCUT2D eigenvalue weighted by molar-refractivity contribution is 0.0794. The molecule has 0 bridgehead atoms. The Morgan fingerprint density at radius 1 is 1.30 bits per heavy atom. The third-order valence-corrected chi connectivity index (χ3v) is 7.55. The molecule has 4 heterocycles. The van der Waals surface area contributed by atoms with E-state index < -0.39 is 0 Å². The number of thiophene rings is 1. The Bertz CT molecular complexity index is 1100. The Kier molecular flexibility index (Phi) is 4.08. The fourth-order valence-electron chi connectivity index (χ4n) is 4.11. The van der Waals surface area contributed by atoms with Crippen LogP contribution >= 0.6 is 22.9 Å². The van der Waals surface area contributed by atoms with Crippen LogP contribution in [0.2, 0.25) is 0 Å². The third-order valence-electron chi connectivity index (χ3n) is 5.55. The lowest BCUT2D eigenvalue weighted by Gasteiger charge is -2.15. The average Bonchev–Trinajstić information content (AvgIpc) is 3.38. The summed E-state index contributed by atoms with van der Waals surface area (Å²) >= 11 is 2.80. The number of nitrogens with one attached hydrogen (secondary N) is 1. The molecule has 3 aromatic rings. The van der Waals surface area contributed by atoms with Crippen LogP contribution in [0.4, 0.5) is 0 Å². The highest BCUT2D eigenvalue weighted by atomic mass is 32.1. The van der Waals surface area contributed by atoms with E-state index in [1.807, 2.05) is 4.90 Å². The second-order valence-electron chi connectivity index (χ2n) is 7.27. The minimum Gasteiger partial charge on any atom is -0.337 e. The Balaban J connectivity index is 1.44. The number of hydrogen-bond donors (Lipinski definition) is 1. The Morgan fingerprint density at radius 2 is 2.15 bits per heavy atom. The molecule has 1 N–H and O–H groups in total. The van der Waals surface area contributed by atoms with Crippen molar-refractivity contribution in [2.24, 2.45) is 0 Å². The summed E-state index contributed by atoms with van der Waals surface area (Å²) in [5.74, 6) is 0.743. The topological polar surface area (TPSA) is 91.8 Å². The first kappa shape index (κ1) is 17.0. The number of likely N-dealkylation sites (tertiary alicyclic amines) is 1. The molecule has 1 amide bonds. The highest BCUT2D eigenvalue weighted by Gasteiger charge is 2.32. The lowest BCUT2D eigenvalue weighted by atomic mass is 9.97. The molecule has 140 valence electrons. The van der Waals surface area contributed by atoms with Gasteiger partial charge < -0.3 is 9.88 Å². The summed E-state index contributed by atoms with van der Waals surface area (Å²) in [5.41, 5.74) is 1.85. The van der Waals surface area contributed by atoms with E-state index in [1.54, 1.807) is 18.3 Å². The zero-order valence-corrected chi connectivity index (χ0v) is 16.6. The number of aryl methyl sites for hydroxylation is 3. The highest BCUT2D eigenvalue weighted by Crippen LogP contribution is 2.35. The van der Waals surface area contributed by atoms with Crippen LogP contribution < -0.4 is 5.56 Å². The van der Waals surface area contributed by atoms with Gasteiger partial charge in [0.1, 0.15) is 15.5 Å². The van der Waals surface area contributed by atoms with Crippen molar-refractivity contribution < 1.29 is 4.79 Å². The zero-order valence-electron chi connectivity index (χ0n) is 14.9. The smallest absolute Gasteiger partial charge is 0.267 e. The Hall–Kier alpha value is -2.13. The third kappa shape index (κ3) is 2.80. The van der Waals surface area contributed by atoms with Gasteiger partial charge in [0.15, 0.2) is 0 Å². The van der Waals surface area contributed by atoms with Crippen LogP contribution in [0.3, 0.4) is 0 Å². The molecule has 2 aliphatic rings. The van der Waals surface area contributed by atoms with E-state index in [-0.39, 0.29) is 17.4 Å². The van der Waals surface area contributed by atoms with Crippen molar-refractivity contribution in [2.45, 2.75) is 44.9 Å². The van der Waals surface area contributed by atoms with E-state index in [4.69, 9.17) is 4.98 Å². The van der Waals surface area contributed by atoms with E-state index >= 15 is 0 Å². The SMILES string of the molecule is Cc1nnsc1C(=O)N1CCC(c2nc3sc4c(c3c(=O)[nH]2)CCCC4)C1. The molecule has 9 heteroatoms. The maximum atomic E-state index is 12.8. The predicted molar refractivity (Wildman–Crippen MR) is 105 cm³/mol. The van der Waals surface area contributed by atoms with Crippen LogP contribution in [0.5, 0.6) is 0 Å². The molecule has 1 unspecified atom stereocenters. The number of fused-ring (bicyclic) bond motifs is 3. The molecule has 0 aromatic carbocycles. The van der Waals surface area contributed by atoms with Gasteiger partial charge in [0, 0.05) is 23.9 Å². The maximum Gasteiger partial charge on any atom is 0.267 e. The monoisotopic (exact) mass is 401 g/mol. The van der Waals surface area contributed by atoms with Gasteiger partial charge in [0.05, 0.1) is 11.1 Å². The van der Waals surface area contributed by atoms with Crippen molar-refractivity contribution in [1.82, 2.24) is 24.5 Å². The number of amides is 1. The van der Waals surface area contributed by atoms with Crippen molar-refractivity contribution in [2.75, 3.05) is 13.1 Å². The first-order chi connectivity index (χ1) is 13.1. The van der Waals surface area contributed by atoms with Crippen LogP contribution in [-0.4, -0.2) is 43.5 Å². The van der Waals surface area contributed by atoms with E-state index in [0.717, 1.165) is 47.4 Å². The van der Waals surface area contributed by atoms with Gasteiger partial charge in [0.25, 0.3) is 11.5 Å². The number of aromatic nitrogens is 4. The molecule has 27 heavy (non-hydrogen) atoms. The van der Waals surface area contributed by atoms with Crippen LogP contribution in [0, 0.1) is 6.92 Å². The number of H-pyrrole nitrogens is 1. The second kappa shape index (κ2) is 6.49. The van der Waals surface area contributed by atoms with Crippen LogP contribution in [0.25, 0.3) is 10.2 Å². The largest absolute Gasteiger partial charge is 0.337 e. The number of rotatable bonds is 2. The molecule has 1 fully saturated rings. The quantitative estimate of drug-likeness (QED) is 0.713. The van der Waals surface area contributed by atoms with Crippen molar-refractivity contribution >= 4 is 39.0 Å². The molecular formula is C18H19N5O2S2. The first-order valence-electron chi connectivity index (χ1n) is 9.24. The van der Waals surface area contributed by atoms with Crippen LogP contribution in [-0.2, 0) is 12.8 Å². The van der Waals surface area contributed by atoms with E-state index in [2.05, 4.69) is 14.6 Å². The van der Waals surface area contributed by atoms with Gasteiger partial charge in [-0.2, -0.15) is 0 Å². The number of hydrogen-bond acceptors (Lipinski definition) is 7. The standard InChI is InChI=1S/C18H19N5O2S2/c1-9-14(27-22-21-9)18(25)23-7-6-10(8-23)15-19-16(24)13-11-4-2-3-5-12(11)26-17(13)20-15/h10H,2-8H2,1H3,(H,19,20,24). The van der Waals surface area contributed by atoms with Crippen LogP contribution in [0.15, 0.2) is 4.79 Å². The molecular weight excluding hydrogens is 382 g/mol. The second-order valence-corrected chi connectivity index (χ2v) is 9.10. The summed E-state index contributed by atoms with van der Waals surface area (Å²) in [6.45, 7) is 3.02. The van der Waals surface area contributed by atoms with Gasteiger partial charge in [-0.3, -0.25) is 9.59 Å². The van der Waals surface area contributed by atoms with Gasteiger partial charge in [-0.1, -0.05) is 4.49 Å². The fourth-order valence-corrected chi connectivity index (χ4v) is 6.01. The van der Waals surface area contributed by atoms with Gasteiger partial charge in [-0.05, 0) is 56.1 Å². The maximum absolute atomic E-state index is 12.8. The van der Waals surface area contributed by atoms with Gasteiger partial charge in [-0.25, -0.2) is 4.98 Å². The molecule has 1 aliphatic heterocycles. The molecule has 1 aliphatic carbocycles. The summed E-state index contributed by atoms with van der Waals surface area (Å²) < 4.78 is 3.85. The number of carbonyl (C=O) groups is 1. The van der Waals surface area contributed by atoms with Crippen molar-refractivity contribution in [1.29, 1.82) is 0 Å². The summed E-state index contributed by atoms with van der Waals surface area (Å²) in [4.78, 5) is 37.8. The fraction of sp³-hybridized carbons (Fsp3) is 0.500. The zero-order chi connectivity index (χ0) is 18.5. The summed E-state index contributed by atoms with van der Waals surface area (Å²) in [6, 6.07) is 0. The minimum absolute atomic E-state index is 0.0262. The molecule has 0 radical (unpaired) electrons. The summed E-state index contributed by atoms with van der Waals surface area (Å²) in [6.07, 6.45) is 5.17. The minimum atomic E-state index is -0.0278. The number of carbonyl (C=O) groups excluding carboxylic acids is 1. The molecule has 5 rings (SSSR count). The molecule has 1 saturated heterocycles. The van der Waals surface area contributed by atoms with Gasteiger partial charge in [0.2, 0.25) is 0 Å². The van der Waals surface area contributed by atoms with E-state index in [9.17, 15) is 9.59 Å². The predicted octanol–water partition coefficient (Wildman–Crippen LogP) is 2.65. The van der Waals surface area contributed by atoms with Crippen LogP contribution in [0.1, 0.15) is 56.8 Å². The van der Waals surface area contributed by atoms with E-state index in [1.165, 1.54) is 16.9 Å². The Labute approximate surface area is 163 Å². The molecule has 7 nitrogen and oxygen atoms in total. The van der Waals surface area contributed by atoms with Crippen molar-refractivity contribution in [3.63, 3.8) is 0 Å². The normalized spacial score (nSPS) is 19.6. The van der Waals surface area contributed by atoms with Gasteiger partial charge in [-0.15, -0.1) is 16.4 Å². The Morgan fingerprint density at radius 3 is 2.96 bits per heavy atom. The highest BCUT2D eigenvalue weighted by molar-refractivity contribution is 7.18. The average molecular weight is 402 g/mol. The molecule has 0 saturated carbocycles. The van der Waals surface area contributed by atoms with Crippen molar-refractivity contribution in [3.8, 4) is 0 Å². The summed E-state index contributed by atoms with van der Waals surface area (Å²) in [7, 11) is 0. The molecule has 1 atom stereocenters. The molecule has 0 spiro atoms.